The highest BCUT2D eigenvalue weighted by molar-refractivity contribution is 7.89. The summed E-state index contributed by atoms with van der Waals surface area (Å²) in [5.74, 6) is 0.176. The van der Waals surface area contributed by atoms with Crippen molar-refractivity contribution in [3.8, 4) is 11.6 Å². The second-order valence-electron chi connectivity index (χ2n) is 7.53. The minimum atomic E-state index is -3.78. The molecule has 0 saturated heterocycles. The Morgan fingerprint density at radius 3 is 2.55 bits per heavy atom. The molecule has 5 heterocycles. The summed E-state index contributed by atoms with van der Waals surface area (Å²) in [5, 5.41) is 10.4. The monoisotopic (exact) mass is 444 g/mol. The van der Waals surface area contributed by atoms with E-state index in [4.69, 9.17) is 9.47 Å². The summed E-state index contributed by atoms with van der Waals surface area (Å²) in [7, 11) is -3.78. The van der Waals surface area contributed by atoms with Gasteiger partial charge in [-0.2, -0.15) is 4.31 Å². The molecule has 2 aromatic rings. The molecule has 1 N–H and O–H groups in total. The number of aliphatic hydroxyl groups is 1. The number of hydrogen-bond acceptors (Lipinski definition) is 8. The van der Waals surface area contributed by atoms with Crippen LogP contribution in [0.1, 0.15) is 11.7 Å². The van der Waals surface area contributed by atoms with E-state index in [0.29, 0.717) is 24.5 Å². The lowest BCUT2D eigenvalue weighted by Gasteiger charge is -2.25. The van der Waals surface area contributed by atoms with Crippen molar-refractivity contribution in [2.75, 3.05) is 39.4 Å². The van der Waals surface area contributed by atoms with Crippen LogP contribution >= 0.6 is 0 Å². The molecule has 3 aliphatic heterocycles. The zero-order valence-corrected chi connectivity index (χ0v) is 17.3. The Balaban J connectivity index is 1.26. The summed E-state index contributed by atoms with van der Waals surface area (Å²) in [6.07, 6.45) is 3.00. The fourth-order valence-corrected chi connectivity index (χ4v) is 5.32. The number of ether oxygens (including phenoxy) is 2. The molecule has 0 fully saturated rings. The summed E-state index contributed by atoms with van der Waals surface area (Å²) in [6.45, 7) is 1.68. The number of aliphatic hydroxyl groups excluding tert-OH is 1. The van der Waals surface area contributed by atoms with Gasteiger partial charge in [-0.05, 0) is 17.2 Å². The first-order valence-corrected chi connectivity index (χ1v) is 11.2. The summed E-state index contributed by atoms with van der Waals surface area (Å²) >= 11 is 0. The average molecular weight is 444 g/mol. The van der Waals surface area contributed by atoms with Crippen molar-refractivity contribution < 1.29 is 27.8 Å². The molecule has 0 radical (unpaired) electrons. The van der Waals surface area contributed by atoms with E-state index in [1.165, 1.54) is 27.7 Å². The van der Waals surface area contributed by atoms with E-state index in [1.54, 1.807) is 18.3 Å². The Kier molecular flexibility index (Phi) is 4.88. The fourth-order valence-electron chi connectivity index (χ4n) is 3.93. The SMILES string of the molecule is O=C([C@H](O)c1cccnc1)N1CC2=C(C1)CN(S(=O)(=O)c1cnc3c(c1)OCCO3)C2. The van der Waals surface area contributed by atoms with Gasteiger partial charge in [0.2, 0.25) is 10.0 Å². The second-order valence-corrected chi connectivity index (χ2v) is 9.47. The quantitative estimate of drug-likeness (QED) is 0.660. The second kappa shape index (κ2) is 7.59. The maximum Gasteiger partial charge on any atom is 0.257 e. The third-order valence-corrected chi connectivity index (χ3v) is 7.31. The van der Waals surface area contributed by atoms with Crippen LogP contribution < -0.4 is 9.47 Å². The van der Waals surface area contributed by atoms with E-state index in [0.717, 1.165) is 11.1 Å². The van der Waals surface area contributed by atoms with Crippen LogP contribution in [0.4, 0.5) is 0 Å². The number of sulfonamides is 1. The molecule has 11 heteroatoms. The third-order valence-electron chi connectivity index (χ3n) is 5.55. The van der Waals surface area contributed by atoms with Gasteiger partial charge in [0.25, 0.3) is 11.8 Å². The molecule has 10 nitrogen and oxygen atoms in total. The molecule has 1 atom stereocenters. The Labute approximate surface area is 178 Å². The van der Waals surface area contributed by atoms with Crippen molar-refractivity contribution in [3.05, 3.63) is 53.5 Å². The van der Waals surface area contributed by atoms with E-state index >= 15 is 0 Å². The minimum absolute atomic E-state index is 0.0397. The number of aromatic nitrogens is 2. The molecule has 5 rings (SSSR count). The molecule has 0 spiro atoms. The molecule has 162 valence electrons. The van der Waals surface area contributed by atoms with E-state index in [-0.39, 0.29) is 37.0 Å². The van der Waals surface area contributed by atoms with E-state index in [9.17, 15) is 18.3 Å². The number of nitrogens with zero attached hydrogens (tertiary/aromatic N) is 4. The van der Waals surface area contributed by atoms with E-state index < -0.39 is 22.0 Å². The van der Waals surface area contributed by atoms with Gasteiger partial charge in [-0.1, -0.05) is 6.07 Å². The van der Waals surface area contributed by atoms with Gasteiger partial charge in [-0.25, -0.2) is 13.4 Å². The van der Waals surface area contributed by atoms with Crippen LogP contribution in [-0.2, 0) is 14.8 Å². The van der Waals surface area contributed by atoms with Crippen molar-refractivity contribution >= 4 is 15.9 Å². The summed E-state index contributed by atoms with van der Waals surface area (Å²) < 4.78 is 38.3. The number of hydrogen-bond donors (Lipinski definition) is 1. The molecule has 31 heavy (non-hydrogen) atoms. The molecule has 0 bridgehead atoms. The van der Waals surface area contributed by atoms with E-state index in [1.807, 2.05) is 0 Å². The predicted octanol–water partition coefficient (Wildman–Crippen LogP) is 0.124. The van der Waals surface area contributed by atoms with Crippen LogP contribution in [0.25, 0.3) is 0 Å². The summed E-state index contributed by atoms with van der Waals surface area (Å²) in [4.78, 5) is 22.2. The molecule has 2 aromatic heterocycles. The molecular weight excluding hydrogens is 424 g/mol. The van der Waals surface area contributed by atoms with Crippen molar-refractivity contribution in [2.24, 2.45) is 0 Å². The Bertz CT molecular complexity index is 1150. The van der Waals surface area contributed by atoms with Gasteiger partial charge < -0.3 is 19.5 Å². The van der Waals surface area contributed by atoms with Crippen LogP contribution in [0.3, 0.4) is 0 Å². The van der Waals surface area contributed by atoms with Crippen LogP contribution in [0.2, 0.25) is 0 Å². The van der Waals surface area contributed by atoms with Crippen molar-refractivity contribution in [1.29, 1.82) is 0 Å². The number of carbonyl (C=O) groups excluding carboxylic acids is 1. The molecule has 0 unspecified atom stereocenters. The third kappa shape index (κ3) is 3.54. The van der Waals surface area contributed by atoms with Crippen molar-refractivity contribution in [3.63, 3.8) is 0 Å². The van der Waals surface area contributed by atoms with Crippen LogP contribution in [0.15, 0.2) is 52.8 Å². The highest BCUT2D eigenvalue weighted by Gasteiger charge is 2.39. The molecule has 0 saturated carbocycles. The first kappa shape index (κ1) is 19.9. The lowest BCUT2D eigenvalue weighted by molar-refractivity contribution is -0.139. The molecule has 1 amide bonds. The predicted molar refractivity (Wildman–Crippen MR) is 107 cm³/mol. The van der Waals surface area contributed by atoms with Gasteiger partial charge in [0.1, 0.15) is 18.1 Å². The lowest BCUT2D eigenvalue weighted by Crippen LogP contribution is -2.38. The van der Waals surface area contributed by atoms with Gasteiger partial charge in [-0.3, -0.25) is 9.78 Å². The molecule has 0 aliphatic carbocycles. The van der Waals surface area contributed by atoms with Gasteiger partial charge in [0.15, 0.2) is 11.9 Å². The normalized spacial score (nSPS) is 19.5. The first-order chi connectivity index (χ1) is 14.9. The zero-order valence-electron chi connectivity index (χ0n) is 16.5. The minimum Gasteiger partial charge on any atom is -0.484 e. The van der Waals surface area contributed by atoms with Crippen molar-refractivity contribution in [1.82, 2.24) is 19.2 Å². The topological polar surface area (TPSA) is 122 Å². The maximum atomic E-state index is 13.1. The molecule has 3 aliphatic rings. The first-order valence-electron chi connectivity index (χ1n) is 9.76. The Morgan fingerprint density at radius 1 is 1.10 bits per heavy atom. The number of amides is 1. The van der Waals surface area contributed by atoms with Crippen molar-refractivity contribution in [2.45, 2.75) is 11.0 Å². The fraction of sp³-hybridized carbons (Fsp3) is 0.350. The number of pyridine rings is 2. The summed E-state index contributed by atoms with van der Waals surface area (Å²) in [5.41, 5.74) is 2.18. The van der Waals surface area contributed by atoms with E-state index in [2.05, 4.69) is 9.97 Å². The number of rotatable bonds is 4. The van der Waals surface area contributed by atoms with Gasteiger partial charge in [0.05, 0.1) is 6.20 Å². The van der Waals surface area contributed by atoms with Gasteiger partial charge in [-0.15, -0.1) is 0 Å². The molecule has 0 aromatic carbocycles. The zero-order chi connectivity index (χ0) is 21.6. The Hall–Kier alpha value is -3.02. The largest absolute Gasteiger partial charge is 0.484 e. The highest BCUT2D eigenvalue weighted by atomic mass is 32.2. The van der Waals surface area contributed by atoms with Crippen LogP contribution in [-0.4, -0.2) is 78.0 Å². The molecular formula is C20H20N4O6S. The van der Waals surface area contributed by atoms with Crippen LogP contribution in [0, 0.1) is 0 Å². The lowest BCUT2D eigenvalue weighted by atomic mass is 10.1. The smallest absolute Gasteiger partial charge is 0.257 e. The number of carbonyl (C=O) groups is 1. The standard InChI is InChI=1S/C20H20N4O6S/c25-18(13-2-1-3-21-7-13)20(26)23-9-14-11-24(12-15(14)10-23)31(27,28)16-6-17-19(22-8-16)30-5-4-29-17/h1-3,6-8,18,25H,4-5,9-12H2/t18-/m1/s1. The Morgan fingerprint density at radius 2 is 1.84 bits per heavy atom. The average Bonchev–Trinajstić information content (AvgIpc) is 3.38. The summed E-state index contributed by atoms with van der Waals surface area (Å²) in [6, 6.07) is 4.73. The number of fused-ring (bicyclic) bond motifs is 1. The highest BCUT2D eigenvalue weighted by Crippen LogP contribution is 2.34. The van der Waals surface area contributed by atoms with Crippen LogP contribution in [0.5, 0.6) is 11.6 Å². The maximum absolute atomic E-state index is 13.1. The van der Waals surface area contributed by atoms with Gasteiger partial charge >= 0.3 is 0 Å². The van der Waals surface area contributed by atoms with Gasteiger partial charge in [0, 0.05) is 50.2 Å².